The Morgan fingerprint density at radius 1 is 1.35 bits per heavy atom. The maximum Gasteiger partial charge on any atom is 0.278 e. The van der Waals surface area contributed by atoms with Gasteiger partial charge in [0.2, 0.25) is 0 Å². The van der Waals surface area contributed by atoms with E-state index in [2.05, 4.69) is 5.10 Å². The summed E-state index contributed by atoms with van der Waals surface area (Å²) in [6.45, 7) is 5.41. The minimum atomic E-state index is -1.02. The lowest BCUT2D eigenvalue weighted by Crippen LogP contribution is -2.39. The van der Waals surface area contributed by atoms with E-state index in [4.69, 9.17) is 0 Å². The molecule has 1 aromatic heterocycles. The zero-order valence-electron chi connectivity index (χ0n) is 13.9. The van der Waals surface area contributed by atoms with Gasteiger partial charge in [0.1, 0.15) is 0 Å². The number of aliphatic hydroxyl groups is 1. The number of aryl methyl sites for hydroxylation is 1. The molecule has 0 radical (unpaired) electrons. The molecule has 124 valence electrons. The van der Waals surface area contributed by atoms with Gasteiger partial charge < -0.3 is 15.1 Å². The summed E-state index contributed by atoms with van der Waals surface area (Å²) >= 11 is 0. The Morgan fingerprint density at radius 2 is 2.00 bits per heavy atom. The Balaban J connectivity index is 2.33. The number of hydrogen-bond acceptors (Lipinski definition) is 4. The van der Waals surface area contributed by atoms with E-state index in [1.54, 1.807) is 20.9 Å². The summed E-state index contributed by atoms with van der Waals surface area (Å²) < 4.78 is 1.51. The number of benzene rings is 1. The molecular weight excluding hydrogens is 294 g/mol. The lowest BCUT2D eigenvalue weighted by Gasteiger charge is -2.24. The van der Waals surface area contributed by atoms with Crippen LogP contribution in [0.4, 0.5) is 0 Å². The molecule has 0 atom stereocenters. The second kappa shape index (κ2) is 6.42. The van der Waals surface area contributed by atoms with Gasteiger partial charge in [-0.3, -0.25) is 4.79 Å². The summed E-state index contributed by atoms with van der Waals surface area (Å²) in [4.78, 5) is 13.8. The first kappa shape index (κ1) is 17.0. The Bertz CT molecular complexity index is 701. The molecule has 0 aliphatic carbocycles. The standard InChI is InChI=1S/C17H23N3O3/c1-5-12-8-6-7-9-13(12)20-10-14(21)15(18-20)16(22)19(4)11-17(2,3)23/h6-10,21,23H,5,11H2,1-4H3. The molecule has 0 aliphatic rings. The Morgan fingerprint density at radius 3 is 2.61 bits per heavy atom. The van der Waals surface area contributed by atoms with Crippen molar-refractivity contribution in [1.29, 1.82) is 0 Å². The maximum absolute atomic E-state index is 12.4. The van der Waals surface area contributed by atoms with Crippen molar-refractivity contribution in [3.8, 4) is 11.4 Å². The van der Waals surface area contributed by atoms with E-state index >= 15 is 0 Å². The monoisotopic (exact) mass is 317 g/mol. The number of aromatic hydroxyl groups is 1. The average molecular weight is 317 g/mol. The Kier molecular flexibility index (Phi) is 4.75. The van der Waals surface area contributed by atoms with Crippen LogP contribution in [-0.2, 0) is 6.42 Å². The van der Waals surface area contributed by atoms with Gasteiger partial charge in [0, 0.05) is 13.6 Å². The molecule has 1 amide bonds. The van der Waals surface area contributed by atoms with Crippen molar-refractivity contribution >= 4 is 5.91 Å². The maximum atomic E-state index is 12.4. The van der Waals surface area contributed by atoms with E-state index in [0.29, 0.717) is 0 Å². The van der Waals surface area contributed by atoms with E-state index < -0.39 is 11.5 Å². The van der Waals surface area contributed by atoms with E-state index in [9.17, 15) is 15.0 Å². The Labute approximate surface area is 136 Å². The first-order valence-corrected chi connectivity index (χ1v) is 7.57. The minimum Gasteiger partial charge on any atom is -0.504 e. The summed E-state index contributed by atoms with van der Waals surface area (Å²) in [6.07, 6.45) is 2.25. The molecule has 2 aromatic rings. The summed E-state index contributed by atoms with van der Waals surface area (Å²) in [7, 11) is 1.57. The summed E-state index contributed by atoms with van der Waals surface area (Å²) in [5.41, 5.74) is 0.855. The third-order valence-electron chi connectivity index (χ3n) is 3.49. The zero-order chi connectivity index (χ0) is 17.2. The predicted molar refractivity (Wildman–Crippen MR) is 87.9 cm³/mol. The molecule has 6 nitrogen and oxygen atoms in total. The first-order valence-electron chi connectivity index (χ1n) is 7.57. The minimum absolute atomic E-state index is 0.0253. The molecule has 0 saturated carbocycles. The second-order valence-electron chi connectivity index (χ2n) is 6.26. The SMILES string of the molecule is CCc1ccccc1-n1cc(O)c(C(=O)N(C)CC(C)(C)O)n1. The number of carbonyl (C=O) groups is 1. The van der Waals surface area contributed by atoms with Gasteiger partial charge in [-0.15, -0.1) is 0 Å². The molecule has 0 saturated heterocycles. The highest BCUT2D eigenvalue weighted by Gasteiger charge is 2.25. The molecule has 1 aromatic carbocycles. The van der Waals surface area contributed by atoms with Crippen molar-refractivity contribution in [2.75, 3.05) is 13.6 Å². The number of likely N-dealkylation sites (N-methyl/N-ethyl adjacent to an activating group) is 1. The molecular formula is C17H23N3O3. The quantitative estimate of drug-likeness (QED) is 0.884. The zero-order valence-corrected chi connectivity index (χ0v) is 13.9. The number of hydrogen-bond donors (Lipinski definition) is 2. The van der Waals surface area contributed by atoms with E-state index in [0.717, 1.165) is 17.7 Å². The van der Waals surface area contributed by atoms with Gasteiger partial charge in [0.05, 0.1) is 17.5 Å². The van der Waals surface area contributed by atoms with Crippen LogP contribution in [-0.4, -0.2) is 50.0 Å². The molecule has 23 heavy (non-hydrogen) atoms. The Hall–Kier alpha value is -2.34. The molecule has 0 fully saturated rings. The van der Waals surface area contributed by atoms with Crippen molar-refractivity contribution in [3.63, 3.8) is 0 Å². The molecule has 2 N–H and O–H groups in total. The van der Waals surface area contributed by atoms with Crippen molar-refractivity contribution < 1.29 is 15.0 Å². The van der Waals surface area contributed by atoms with Crippen molar-refractivity contribution in [2.45, 2.75) is 32.8 Å². The topological polar surface area (TPSA) is 78.6 Å². The van der Waals surface area contributed by atoms with Crippen LogP contribution in [0.3, 0.4) is 0 Å². The molecule has 0 unspecified atom stereocenters. The molecule has 2 rings (SSSR count). The highest BCUT2D eigenvalue weighted by molar-refractivity contribution is 5.94. The number of amides is 1. The van der Waals surface area contributed by atoms with Gasteiger partial charge in [-0.25, -0.2) is 4.68 Å². The van der Waals surface area contributed by atoms with Crippen molar-refractivity contribution in [2.24, 2.45) is 0 Å². The van der Waals surface area contributed by atoms with Crippen LogP contribution >= 0.6 is 0 Å². The number of nitrogens with zero attached hydrogens (tertiary/aromatic N) is 3. The van der Waals surface area contributed by atoms with Gasteiger partial charge in [-0.1, -0.05) is 25.1 Å². The fourth-order valence-corrected chi connectivity index (χ4v) is 2.51. The van der Waals surface area contributed by atoms with Gasteiger partial charge in [-0.2, -0.15) is 5.10 Å². The number of aromatic nitrogens is 2. The fourth-order valence-electron chi connectivity index (χ4n) is 2.51. The molecule has 0 spiro atoms. The highest BCUT2D eigenvalue weighted by Crippen LogP contribution is 2.22. The number of rotatable bonds is 5. The highest BCUT2D eigenvalue weighted by atomic mass is 16.3. The van der Waals surface area contributed by atoms with Gasteiger partial charge in [0.15, 0.2) is 11.4 Å². The van der Waals surface area contributed by atoms with Crippen molar-refractivity contribution in [1.82, 2.24) is 14.7 Å². The van der Waals surface area contributed by atoms with Gasteiger partial charge in [-0.05, 0) is 31.9 Å². The molecule has 6 heteroatoms. The summed E-state index contributed by atoms with van der Waals surface area (Å²) in [5.74, 6) is -0.610. The van der Waals surface area contributed by atoms with E-state index in [1.165, 1.54) is 15.8 Å². The fraction of sp³-hybridized carbons (Fsp3) is 0.412. The summed E-state index contributed by atoms with van der Waals surface area (Å²) in [6, 6.07) is 7.69. The largest absolute Gasteiger partial charge is 0.504 e. The third kappa shape index (κ3) is 3.90. The van der Waals surface area contributed by atoms with Crippen LogP contribution in [0.15, 0.2) is 30.5 Å². The second-order valence-corrected chi connectivity index (χ2v) is 6.26. The smallest absolute Gasteiger partial charge is 0.278 e. The average Bonchev–Trinajstić information content (AvgIpc) is 2.86. The van der Waals surface area contributed by atoms with Gasteiger partial charge >= 0.3 is 0 Å². The first-order chi connectivity index (χ1) is 10.7. The van der Waals surface area contributed by atoms with Crippen LogP contribution in [0.1, 0.15) is 36.8 Å². The van der Waals surface area contributed by atoms with Crippen LogP contribution in [0.25, 0.3) is 5.69 Å². The van der Waals surface area contributed by atoms with Gasteiger partial charge in [0.25, 0.3) is 5.91 Å². The normalized spacial score (nSPS) is 11.5. The van der Waals surface area contributed by atoms with E-state index in [1.807, 2.05) is 31.2 Å². The van der Waals surface area contributed by atoms with Crippen LogP contribution < -0.4 is 0 Å². The molecule has 1 heterocycles. The van der Waals surface area contributed by atoms with Crippen molar-refractivity contribution in [3.05, 3.63) is 41.7 Å². The lowest BCUT2D eigenvalue weighted by atomic mass is 10.1. The molecule has 0 aliphatic heterocycles. The van der Waals surface area contributed by atoms with Crippen LogP contribution in [0.2, 0.25) is 0 Å². The lowest BCUT2D eigenvalue weighted by molar-refractivity contribution is 0.0363. The van der Waals surface area contributed by atoms with Crippen LogP contribution in [0, 0.1) is 0 Å². The molecule has 0 bridgehead atoms. The summed E-state index contributed by atoms with van der Waals surface area (Å²) in [5, 5.41) is 24.1. The number of para-hydroxylation sites is 1. The van der Waals surface area contributed by atoms with Crippen LogP contribution in [0.5, 0.6) is 5.75 Å². The van der Waals surface area contributed by atoms with E-state index in [-0.39, 0.29) is 18.0 Å². The number of carbonyl (C=O) groups excluding carboxylic acids is 1. The third-order valence-corrected chi connectivity index (χ3v) is 3.49. The predicted octanol–water partition coefficient (Wildman–Crippen LogP) is 1.98.